The van der Waals surface area contributed by atoms with E-state index in [0.717, 1.165) is 0 Å². The van der Waals surface area contributed by atoms with Gasteiger partial charge in [-0.15, -0.1) is 0 Å². The second-order valence-corrected chi connectivity index (χ2v) is 3.08. The molecule has 11 heavy (non-hydrogen) atoms. The van der Waals surface area contributed by atoms with Crippen LogP contribution < -0.4 is 0 Å². The van der Waals surface area contributed by atoms with Gasteiger partial charge in [0.1, 0.15) is 0 Å². The molecule has 0 nitrogen and oxygen atoms in total. The normalized spacial score (nSPS) is 18.5. The standard InChI is InChI=1S/C4H5F6P/c5-1(6)3(9)11-4(10)2(7)8/h1-4,11H. The van der Waals surface area contributed by atoms with E-state index in [9.17, 15) is 26.3 Å². The van der Waals surface area contributed by atoms with E-state index < -0.39 is 33.3 Å². The van der Waals surface area contributed by atoms with E-state index in [0.29, 0.717) is 0 Å². The predicted molar refractivity (Wildman–Crippen MR) is 30.1 cm³/mol. The van der Waals surface area contributed by atoms with Crippen LogP contribution in [-0.2, 0) is 0 Å². The summed E-state index contributed by atoms with van der Waals surface area (Å²) in [4.78, 5) is 0. The quantitative estimate of drug-likeness (QED) is 0.481. The lowest BCUT2D eigenvalue weighted by Crippen LogP contribution is -2.13. The van der Waals surface area contributed by atoms with Crippen molar-refractivity contribution in [1.82, 2.24) is 0 Å². The molecule has 0 heterocycles. The molecule has 0 spiro atoms. The van der Waals surface area contributed by atoms with Gasteiger partial charge in [-0.1, -0.05) is 0 Å². The summed E-state index contributed by atoms with van der Waals surface area (Å²) in [6.07, 6.45) is -6.77. The molecule has 68 valence electrons. The summed E-state index contributed by atoms with van der Waals surface area (Å²) in [7, 11) is -1.69. The predicted octanol–water partition coefficient (Wildman–Crippen LogP) is 2.79. The van der Waals surface area contributed by atoms with Crippen LogP contribution in [-0.4, -0.2) is 24.7 Å². The minimum Gasteiger partial charge on any atom is -0.236 e. The van der Waals surface area contributed by atoms with Crippen molar-refractivity contribution in [3.8, 4) is 0 Å². The van der Waals surface area contributed by atoms with Crippen LogP contribution in [0.5, 0.6) is 0 Å². The highest BCUT2D eigenvalue weighted by atomic mass is 31.1. The number of alkyl halides is 6. The van der Waals surface area contributed by atoms with Gasteiger partial charge < -0.3 is 0 Å². The lowest BCUT2D eigenvalue weighted by molar-refractivity contribution is 0.0770. The Morgan fingerprint density at radius 1 is 0.636 bits per heavy atom. The van der Waals surface area contributed by atoms with Crippen LogP contribution in [0, 0.1) is 0 Å². The number of rotatable bonds is 4. The molecular formula is C4H5F6P. The van der Waals surface area contributed by atoms with Gasteiger partial charge in [0.25, 0.3) is 12.9 Å². The van der Waals surface area contributed by atoms with Crippen molar-refractivity contribution in [2.24, 2.45) is 0 Å². The van der Waals surface area contributed by atoms with Crippen molar-refractivity contribution in [2.45, 2.75) is 24.7 Å². The van der Waals surface area contributed by atoms with Gasteiger partial charge in [0.05, 0.1) is 0 Å². The lowest BCUT2D eigenvalue weighted by atomic mass is 10.8. The van der Waals surface area contributed by atoms with Crippen LogP contribution >= 0.6 is 8.58 Å². The Balaban J connectivity index is 3.66. The summed E-state index contributed by atoms with van der Waals surface area (Å²) in [6.45, 7) is 0. The molecule has 7 heteroatoms. The fraction of sp³-hybridized carbons (Fsp3) is 1.00. The van der Waals surface area contributed by atoms with Gasteiger partial charge in [0.15, 0.2) is 11.8 Å². The van der Waals surface area contributed by atoms with E-state index in [1.54, 1.807) is 0 Å². The molecule has 0 aliphatic heterocycles. The van der Waals surface area contributed by atoms with Crippen molar-refractivity contribution in [3.63, 3.8) is 0 Å². The van der Waals surface area contributed by atoms with Crippen LogP contribution in [0.25, 0.3) is 0 Å². The highest BCUT2D eigenvalue weighted by Crippen LogP contribution is 2.34. The smallest absolute Gasteiger partial charge is 0.236 e. The molecule has 2 atom stereocenters. The minimum absolute atomic E-state index is 1.69. The molecule has 0 aromatic rings. The van der Waals surface area contributed by atoms with Crippen molar-refractivity contribution < 1.29 is 26.3 Å². The zero-order valence-corrected chi connectivity index (χ0v) is 6.08. The van der Waals surface area contributed by atoms with Crippen molar-refractivity contribution in [2.75, 3.05) is 0 Å². The third-order valence-electron chi connectivity index (χ3n) is 0.761. The van der Waals surface area contributed by atoms with Crippen LogP contribution in [0.1, 0.15) is 0 Å². The van der Waals surface area contributed by atoms with Gasteiger partial charge in [-0.05, 0) is 8.58 Å². The molecule has 0 rings (SSSR count). The Kier molecular flexibility index (Phi) is 4.81. The van der Waals surface area contributed by atoms with Crippen LogP contribution in [0.15, 0.2) is 0 Å². The fourth-order valence-corrected chi connectivity index (χ4v) is 0.893. The molecule has 0 amide bonds. The average Bonchev–Trinajstić information content (AvgIpc) is 1.87. The maximum Gasteiger partial charge on any atom is 0.273 e. The molecule has 0 bridgehead atoms. The summed E-state index contributed by atoms with van der Waals surface area (Å²) in [6, 6.07) is 0. The zero-order valence-electron chi connectivity index (χ0n) is 5.08. The molecular weight excluding hydrogens is 193 g/mol. The van der Waals surface area contributed by atoms with Gasteiger partial charge in [0, 0.05) is 0 Å². The first kappa shape index (κ1) is 11.0. The molecule has 0 N–H and O–H groups in total. The first-order valence-electron chi connectivity index (χ1n) is 2.55. The minimum atomic E-state index is -3.38. The van der Waals surface area contributed by atoms with Crippen molar-refractivity contribution >= 4 is 8.58 Å². The Bertz CT molecular complexity index is 94.8. The molecule has 0 aromatic carbocycles. The van der Waals surface area contributed by atoms with E-state index in [1.807, 2.05) is 0 Å². The second kappa shape index (κ2) is 4.80. The summed E-state index contributed by atoms with van der Waals surface area (Å²) in [5, 5.41) is 0. The molecule has 0 aliphatic carbocycles. The largest absolute Gasteiger partial charge is 0.273 e. The van der Waals surface area contributed by atoms with Crippen LogP contribution in [0.3, 0.4) is 0 Å². The first-order chi connectivity index (χ1) is 4.95. The lowest BCUT2D eigenvalue weighted by Gasteiger charge is -2.09. The average molecular weight is 198 g/mol. The SMILES string of the molecule is FC(F)C(F)PC(F)C(F)F. The number of hydrogen-bond acceptors (Lipinski definition) is 0. The summed E-state index contributed by atoms with van der Waals surface area (Å²) in [5.41, 5.74) is 0. The summed E-state index contributed by atoms with van der Waals surface area (Å²) < 4.78 is 68.7. The summed E-state index contributed by atoms with van der Waals surface area (Å²) >= 11 is 0. The topological polar surface area (TPSA) is 0 Å². The highest BCUT2D eigenvalue weighted by Gasteiger charge is 2.28. The maximum atomic E-state index is 11.8. The van der Waals surface area contributed by atoms with Crippen LogP contribution in [0.4, 0.5) is 26.3 Å². The Hall–Kier alpha value is 0.01000. The van der Waals surface area contributed by atoms with E-state index >= 15 is 0 Å². The Labute approximate surface area is 60.7 Å². The van der Waals surface area contributed by atoms with E-state index in [2.05, 4.69) is 0 Å². The molecule has 0 radical (unpaired) electrons. The van der Waals surface area contributed by atoms with Crippen molar-refractivity contribution in [3.05, 3.63) is 0 Å². The van der Waals surface area contributed by atoms with E-state index in [-0.39, 0.29) is 0 Å². The number of halogens is 6. The highest BCUT2D eigenvalue weighted by molar-refractivity contribution is 7.39. The number of hydrogen-bond donors (Lipinski definition) is 0. The third-order valence-corrected chi connectivity index (χ3v) is 1.90. The van der Waals surface area contributed by atoms with E-state index in [4.69, 9.17) is 0 Å². The zero-order chi connectivity index (χ0) is 9.02. The fourth-order valence-electron chi connectivity index (χ4n) is 0.298. The van der Waals surface area contributed by atoms with Gasteiger partial charge in [-0.3, -0.25) is 0 Å². The summed E-state index contributed by atoms with van der Waals surface area (Å²) in [5.74, 6) is -5.56. The maximum absolute atomic E-state index is 11.8. The first-order valence-corrected chi connectivity index (χ1v) is 3.71. The molecule has 0 aromatic heterocycles. The molecule has 0 saturated carbocycles. The van der Waals surface area contributed by atoms with Gasteiger partial charge >= 0.3 is 0 Å². The monoisotopic (exact) mass is 198 g/mol. The second-order valence-electron chi connectivity index (χ2n) is 1.64. The van der Waals surface area contributed by atoms with E-state index in [1.165, 1.54) is 0 Å². The Morgan fingerprint density at radius 2 is 0.909 bits per heavy atom. The molecule has 2 unspecified atom stereocenters. The van der Waals surface area contributed by atoms with Crippen molar-refractivity contribution in [1.29, 1.82) is 0 Å². The van der Waals surface area contributed by atoms with Gasteiger partial charge in [-0.2, -0.15) is 0 Å². The molecule has 0 fully saturated rings. The third kappa shape index (κ3) is 4.45. The van der Waals surface area contributed by atoms with Crippen LogP contribution in [0.2, 0.25) is 0 Å². The Morgan fingerprint density at radius 3 is 1.09 bits per heavy atom. The van der Waals surface area contributed by atoms with Gasteiger partial charge in [-0.25, -0.2) is 26.3 Å². The molecule has 0 saturated heterocycles. The van der Waals surface area contributed by atoms with Gasteiger partial charge in [0.2, 0.25) is 0 Å². The molecule has 0 aliphatic rings.